The van der Waals surface area contributed by atoms with E-state index >= 15 is 0 Å². The van der Waals surface area contributed by atoms with E-state index in [0.717, 1.165) is 10.0 Å². The van der Waals surface area contributed by atoms with E-state index in [2.05, 4.69) is 15.9 Å². The largest absolute Gasteiger partial charge is 0.495 e. The van der Waals surface area contributed by atoms with Crippen LogP contribution in [0.25, 0.3) is 0 Å². The molecule has 0 bridgehead atoms. The van der Waals surface area contributed by atoms with Gasteiger partial charge in [-0.05, 0) is 33.6 Å². The lowest BCUT2D eigenvalue weighted by Crippen LogP contribution is -2.33. The van der Waals surface area contributed by atoms with Crippen LogP contribution in [0.15, 0.2) is 53.0 Å². The zero-order valence-corrected chi connectivity index (χ0v) is 13.7. The van der Waals surface area contributed by atoms with Crippen molar-refractivity contribution in [1.82, 2.24) is 0 Å². The number of amides is 1. The SMILES string of the molecule is COc1cc(N2C(=O)C(c3ccccc3)CC2O)ccc1Br. The van der Waals surface area contributed by atoms with Crippen molar-refractivity contribution >= 4 is 27.5 Å². The maximum Gasteiger partial charge on any atom is 0.236 e. The number of benzene rings is 2. The van der Waals surface area contributed by atoms with Gasteiger partial charge in [0.2, 0.25) is 5.91 Å². The molecule has 0 saturated carbocycles. The fourth-order valence-electron chi connectivity index (χ4n) is 2.79. The Morgan fingerprint density at radius 2 is 1.95 bits per heavy atom. The summed E-state index contributed by atoms with van der Waals surface area (Å²) in [5, 5.41) is 10.3. The number of carbonyl (C=O) groups is 1. The minimum Gasteiger partial charge on any atom is -0.495 e. The lowest BCUT2D eigenvalue weighted by atomic mass is 9.97. The topological polar surface area (TPSA) is 49.8 Å². The molecule has 114 valence electrons. The van der Waals surface area contributed by atoms with Crippen LogP contribution in [-0.4, -0.2) is 24.4 Å². The molecule has 1 saturated heterocycles. The number of halogens is 1. The molecule has 0 aromatic heterocycles. The van der Waals surface area contributed by atoms with Crippen molar-refractivity contribution in [3.63, 3.8) is 0 Å². The molecule has 1 heterocycles. The van der Waals surface area contributed by atoms with Crippen LogP contribution in [0.3, 0.4) is 0 Å². The summed E-state index contributed by atoms with van der Waals surface area (Å²) < 4.78 is 6.07. The van der Waals surface area contributed by atoms with E-state index < -0.39 is 6.23 Å². The third-order valence-electron chi connectivity index (χ3n) is 3.89. The van der Waals surface area contributed by atoms with Crippen LogP contribution in [0.4, 0.5) is 5.69 Å². The van der Waals surface area contributed by atoms with Gasteiger partial charge in [-0.1, -0.05) is 30.3 Å². The average molecular weight is 362 g/mol. The molecule has 1 N–H and O–H groups in total. The van der Waals surface area contributed by atoms with Crippen LogP contribution in [0, 0.1) is 0 Å². The molecule has 22 heavy (non-hydrogen) atoms. The van der Waals surface area contributed by atoms with Crippen LogP contribution in [-0.2, 0) is 4.79 Å². The Morgan fingerprint density at radius 3 is 2.64 bits per heavy atom. The lowest BCUT2D eigenvalue weighted by molar-refractivity contribution is -0.118. The van der Waals surface area contributed by atoms with Gasteiger partial charge in [-0.2, -0.15) is 0 Å². The van der Waals surface area contributed by atoms with Crippen molar-refractivity contribution in [1.29, 1.82) is 0 Å². The third-order valence-corrected chi connectivity index (χ3v) is 4.55. The van der Waals surface area contributed by atoms with E-state index in [-0.39, 0.29) is 11.8 Å². The first-order chi connectivity index (χ1) is 10.6. The standard InChI is InChI=1S/C17H16BrNO3/c1-22-15-9-12(7-8-14(15)18)19-16(20)10-13(17(19)21)11-5-3-2-4-6-11/h2-9,13,16,20H,10H2,1H3. The molecular formula is C17H16BrNO3. The molecule has 1 fully saturated rings. The summed E-state index contributed by atoms with van der Waals surface area (Å²) in [5.41, 5.74) is 1.56. The Kier molecular flexibility index (Phi) is 4.18. The number of aliphatic hydroxyl groups is 1. The molecule has 3 rings (SSSR count). The molecular weight excluding hydrogens is 346 g/mol. The Labute approximate surface area is 137 Å². The number of nitrogens with zero attached hydrogens (tertiary/aromatic N) is 1. The Morgan fingerprint density at radius 1 is 1.23 bits per heavy atom. The predicted molar refractivity (Wildman–Crippen MR) is 88.0 cm³/mol. The zero-order chi connectivity index (χ0) is 15.7. The van der Waals surface area contributed by atoms with Crippen molar-refractivity contribution in [2.45, 2.75) is 18.6 Å². The summed E-state index contributed by atoms with van der Waals surface area (Å²) in [6.07, 6.45) is -0.440. The quantitative estimate of drug-likeness (QED) is 0.912. The van der Waals surface area contributed by atoms with Gasteiger partial charge < -0.3 is 9.84 Å². The van der Waals surface area contributed by atoms with E-state index in [1.54, 1.807) is 19.2 Å². The Balaban J connectivity index is 1.93. The second-order valence-corrected chi connectivity index (χ2v) is 6.06. The van der Waals surface area contributed by atoms with Gasteiger partial charge in [0.15, 0.2) is 0 Å². The first-order valence-corrected chi connectivity index (χ1v) is 7.80. The van der Waals surface area contributed by atoms with Gasteiger partial charge in [-0.15, -0.1) is 0 Å². The maximum absolute atomic E-state index is 12.7. The molecule has 2 unspecified atom stereocenters. The molecule has 2 aromatic rings. The predicted octanol–water partition coefficient (Wildman–Crippen LogP) is 3.30. The zero-order valence-electron chi connectivity index (χ0n) is 12.1. The van der Waals surface area contributed by atoms with Crippen molar-refractivity contribution in [2.24, 2.45) is 0 Å². The highest BCUT2D eigenvalue weighted by molar-refractivity contribution is 9.10. The van der Waals surface area contributed by atoms with Crippen LogP contribution in [0.1, 0.15) is 17.9 Å². The highest BCUT2D eigenvalue weighted by Gasteiger charge is 2.40. The van der Waals surface area contributed by atoms with Crippen LogP contribution >= 0.6 is 15.9 Å². The number of aliphatic hydroxyl groups excluding tert-OH is 1. The summed E-state index contributed by atoms with van der Waals surface area (Å²) in [7, 11) is 1.57. The van der Waals surface area contributed by atoms with E-state index in [1.807, 2.05) is 36.4 Å². The molecule has 1 aliphatic rings. The normalized spacial score (nSPS) is 21.2. The van der Waals surface area contributed by atoms with Gasteiger partial charge in [0, 0.05) is 12.5 Å². The lowest BCUT2D eigenvalue weighted by Gasteiger charge is -2.21. The summed E-state index contributed by atoms with van der Waals surface area (Å²) in [6, 6.07) is 14.9. The summed E-state index contributed by atoms with van der Waals surface area (Å²) in [4.78, 5) is 14.2. The fraction of sp³-hybridized carbons (Fsp3) is 0.235. The molecule has 2 atom stereocenters. The number of ether oxygens (including phenoxy) is 1. The molecule has 2 aromatic carbocycles. The van der Waals surface area contributed by atoms with Crippen molar-refractivity contribution in [3.05, 3.63) is 58.6 Å². The first kappa shape index (κ1) is 15.1. The van der Waals surface area contributed by atoms with Gasteiger partial charge in [0.1, 0.15) is 12.0 Å². The number of methoxy groups -OCH3 is 1. The van der Waals surface area contributed by atoms with Gasteiger partial charge in [-0.3, -0.25) is 9.69 Å². The molecule has 4 nitrogen and oxygen atoms in total. The number of hydrogen-bond acceptors (Lipinski definition) is 3. The smallest absolute Gasteiger partial charge is 0.236 e. The van der Waals surface area contributed by atoms with Crippen LogP contribution in [0.5, 0.6) is 5.75 Å². The minimum atomic E-state index is -0.830. The highest BCUT2D eigenvalue weighted by Crippen LogP contribution is 2.38. The molecule has 5 heteroatoms. The van der Waals surface area contributed by atoms with Crippen LogP contribution in [0.2, 0.25) is 0 Å². The van der Waals surface area contributed by atoms with Crippen LogP contribution < -0.4 is 9.64 Å². The second-order valence-electron chi connectivity index (χ2n) is 5.21. The number of rotatable bonds is 3. The van der Waals surface area contributed by atoms with Crippen molar-refractivity contribution in [3.8, 4) is 5.75 Å². The third kappa shape index (κ3) is 2.62. The molecule has 0 spiro atoms. The fourth-order valence-corrected chi connectivity index (χ4v) is 3.20. The molecule has 1 amide bonds. The van der Waals surface area contributed by atoms with Crippen molar-refractivity contribution < 1.29 is 14.6 Å². The molecule has 0 aliphatic carbocycles. The van der Waals surface area contributed by atoms with Gasteiger partial charge in [0.05, 0.1) is 23.2 Å². The molecule has 0 radical (unpaired) electrons. The highest BCUT2D eigenvalue weighted by atomic mass is 79.9. The Hall–Kier alpha value is -1.85. The van der Waals surface area contributed by atoms with E-state index in [1.165, 1.54) is 4.90 Å². The van der Waals surface area contributed by atoms with Gasteiger partial charge in [0.25, 0.3) is 0 Å². The Bertz CT molecular complexity index is 690. The van der Waals surface area contributed by atoms with E-state index in [4.69, 9.17) is 4.74 Å². The summed E-state index contributed by atoms with van der Waals surface area (Å²) in [6.45, 7) is 0. The average Bonchev–Trinajstić information content (AvgIpc) is 2.84. The number of hydrogen-bond donors (Lipinski definition) is 1. The van der Waals surface area contributed by atoms with Gasteiger partial charge in [-0.25, -0.2) is 0 Å². The number of anilines is 1. The first-order valence-electron chi connectivity index (χ1n) is 7.01. The minimum absolute atomic E-state index is 0.0944. The van der Waals surface area contributed by atoms with E-state index in [9.17, 15) is 9.90 Å². The summed E-state index contributed by atoms with van der Waals surface area (Å²) in [5.74, 6) is 0.217. The van der Waals surface area contributed by atoms with E-state index in [0.29, 0.717) is 17.9 Å². The molecule has 1 aliphatic heterocycles. The second kappa shape index (κ2) is 6.10. The monoisotopic (exact) mass is 361 g/mol. The number of carbonyl (C=O) groups excluding carboxylic acids is 1. The van der Waals surface area contributed by atoms with Gasteiger partial charge >= 0.3 is 0 Å². The summed E-state index contributed by atoms with van der Waals surface area (Å²) >= 11 is 3.39. The maximum atomic E-state index is 12.7. The van der Waals surface area contributed by atoms with Crippen molar-refractivity contribution in [2.75, 3.05) is 12.0 Å².